The fourth-order valence-electron chi connectivity index (χ4n) is 3.20. The van der Waals surface area contributed by atoms with E-state index >= 15 is 0 Å². The number of carbonyl (C=O) groups excluding carboxylic acids is 2. The van der Waals surface area contributed by atoms with E-state index in [0.29, 0.717) is 25.3 Å². The average Bonchev–Trinajstić information content (AvgIpc) is 2.51. The van der Waals surface area contributed by atoms with Gasteiger partial charge in [-0.2, -0.15) is 0 Å². The lowest BCUT2D eigenvalue weighted by Gasteiger charge is -2.34. The van der Waals surface area contributed by atoms with E-state index in [1.807, 2.05) is 11.8 Å². The zero-order valence-electron chi connectivity index (χ0n) is 12.7. The first-order chi connectivity index (χ1) is 10.6. The first-order valence-electron chi connectivity index (χ1n) is 7.63. The number of hydrogen-bond acceptors (Lipinski definition) is 3. The van der Waals surface area contributed by atoms with E-state index < -0.39 is 0 Å². The summed E-state index contributed by atoms with van der Waals surface area (Å²) in [7, 11) is 0. The number of halogens is 1. The van der Waals surface area contributed by atoms with Crippen LogP contribution < -0.4 is 10.2 Å². The number of aryl methyl sites for hydroxylation is 1. The van der Waals surface area contributed by atoms with Gasteiger partial charge in [-0.3, -0.25) is 9.59 Å². The quantitative estimate of drug-likeness (QED) is 0.881. The fourth-order valence-corrected chi connectivity index (χ4v) is 3.20. The highest BCUT2D eigenvalue weighted by atomic mass is 19.1. The van der Waals surface area contributed by atoms with Crippen LogP contribution in [0.3, 0.4) is 0 Å². The second-order valence-electron chi connectivity index (χ2n) is 5.88. The molecule has 2 heterocycles. The van der Waals surface area contributed by atoms with Crippen molar-refractivity contribution in [2.24, 2.45) is 0 Å². The molecule has 2 aliphatic rings. The average molecular weight is 305 g/mol. The molecule has 1 aromatic carbocycles. The van der Waals surface area contributed by atoms with Crippen molar-refractivity contribution in [3.8, 4) is 0 Å². The zero-order chi connectivity index (χ0) is 15.7. The maximum Gasteiger partial charge on any atom is 0.242 e. The maximum atomic E-state index is 14.2. The van der Waals surface area contributed by atoms with Gasteiger partial charge < -0.3 is 15.1 Å². The lowest BCUT2D eigenvalue weighted by Crippen LogP contribution is -2.52. The number of amides is 2. The van der Waals surface area contributed by atoms with E-state index in [1.165, 1.54) is 6.07 Å². The molecule has 0 saturated carbocycles. The number of benzene rings is 1. The molecule has 0 bridgehead atoms. The summed E-state index contributed by atoms with van der Waals surface area (Å²) in [4.78, 5) is 27.1. The molecule has 0 atom stereocenters. The van der Waals surface area contributed by atoms with Crippen LogP contribution in [0.4, 0.5) is 10.1 Å². The van der Waals surface area contributed by atoms with Gasteiger partial charge in [-0.1, -0.05) is 6.07 Å². The Morgan fingerprint density at radius 2 is 2.18 bits per heavy atom. The van der Waals surface area contributed by atoms with Gasteiger partial charge in [0.2, 0.25) is 11.8 Å². The van der Waals surface area contributed by atoms with Crippen LogP contribution in [-0.4, -0.2) is 49.4 Å². The van der Waals surface area contributed by atoms with Gasteiger partial charge in [0, 0.05) is 19.6 Å². The molecule has 118 valence electrons. The highest BCUT2D eigenvalue weighted by Gasteiger charge is 2.27. The number of hydrogen-bond donors (Lipinski definition) is 1. The predicted molar refractivity (Wildman–Crippen MR) is 81.3 cm³/mol. The predicted octanol–water partition coefficient (Wildman–Crippen LogP) is 0.845. The molecule has 0 unspecified atom stereocenters. The fraction of sp³-hybridized carbons (Fsp3) is 0.500. The van der Waals surface area contributed by atoms with Crippen molar-refractivity contribution in [3.05, 3.63) is 29.1 Å². The van der Waals surface area contributed by atoms with E-state index in [2.05, 4.69) is 5.32 Å². The molecular weight excluding hydrogens is 285 g/mol. The molecular formula is C16H20FN3O2. The number of piperazine rings is 1. The summed E-state index contributed by atoms with van der Waals surface area (Å²) < 4.78 is 14.2. The highest BCUT2D eigenvalue weighted by molar-refractivity contribution is 5.88. The Morgan fingerprint density at radius 3 is 2.95 bits per heavy atom. The minimum Gasteiger partial charge on any atom is -0.360 e. The first-order valence-corrected chi connectivity index (χ1v) is 7.63. The standard InChI is InChI=1S/C16H20FN3O2/c1-11-4-5-13(17)16-12(11)3-2-7-20(16)10-15(22)19-8-6-18-14(21)9-19/h4-5H,2-3,6-10H2,1H3,(H,18,21). The third-order valence-corrected chi connectivity index (χ3v) is 4.36. The molecule has 0 spiro atoms. The topological polar surface area (TPSA) is 52.7 Å². The van der Waals surface area contributed by atoms with E-state index in [9.17, 15) is 14.0 Å². The van der Waals surface area contributed by atoms with Gasteiger partial charge in [-0.05, 0) is 37.0 Å². The summed E-state index contributed by atoms with van der Waals surface area (Å²) in [6.45, 7) is 3.85. The molecule has 0 aromatic heterocycles. The van der Waals surface area contributed by atoms with Crippen LogP contribution in [0.15, 0.2) is 12.1 Å². The molecule has 0 aliphatic carbocycles. The van der Waals surface area contributed by atoms with E-state index in [4.69, 9.17) is 0 Å². The first kappa shape index (κ1) is 14.8. The highest BCUT2D eigenvalue weighted by Crippen LogP contribution is 2.32. The van der Waals surface area contributed by atoms with Gasteiger partial charge in [0.25, 0.3) is 0 Å². The van der Waals surface area contributed by atoms with Gasteiger partial charge in [0.15, 0.2) is 0 Å². The minimum atomic E-state index is -0.274. The van der Waals surface area contributed by atoms with Gasteiger partial charge in [0.05, 0.1) is 18.8 Å². The van der Waals surface area contributed by atoms with Crippen LogP contribution in [0, 0.1) is 12.7 Å². The summed E-state index contributed by atoms with van der Waals surface area (Å²) in [5.41, 5.74) is 2.61. The van der Waals surface area contributed by atoms with Crippen molar-refractivity contribution < 1.29 is 14.0 Å². The minimum absolute atomic E-state index is 0.0931. The van der Waals surface area contributed by atoms with Crippen molar-refractivity contribution in [1.82, 2.24) is 10.2 Å². The summed E-state index contributed by atoms with van der Waals surface area (Å²) in [5.74, 6) is -0.534. The van der Waals surface area contributed by atoms with Crippen LogP contribution in [0.5, 0.6) is 0 Å². The Bertz CT molecular complexity index is 618. The second-order valence-corrected chi connectivity index (χ2v) is 5.88. The van der Waals surface area contributed by atoms with Crippen molar-refractivity contribution in [2.75, 3.05) is 37.6 Å². The van der Waals surface area contributed by atoms with Crippen molar-refractivity contribution in [2.45, 2.75) is 19.8 Å². The molecule has 5 nitrogen and oxygen atoms in total. The van der Waals surface area contributed by atoms with Crippen molar-refractivity contribution in [1.29, 1.82) is 0 Å². The van der Waals surface area contributed by atoms with E-state index in [1.54, 1.807) is 11.0 Å². The van der Waals surface area contributed by atoms with E-state index in [0.717, 1.165) is 24.0 Å². The third kappa shape index (κ3) is 2.77. The Kier molecular flexibility index (Phi) is 4.00. The molecule has 0 radical (unpaired) electrons. The largest absolute Gasteiger partial charge is 0.360 e. The van der Waals surface area contributed by atoms with Gasteiger partial charge >= 0.3 is 0 Å². The van der Waals surface area contributed by atoms with Gasteiger partial charge in [0.1, 0.15) is 5.82 Å². The Hall–Kier alpha value is -2.11. The summed E-state index contributed by atoms with van der Waals surface area (Å²) >= 11 is 0. The lowest BCUT2D eigenvalue weighted by molar-refractivity contribution is -0.137. The number of anilines is 1. The molecule has 1 saturated heterocycles. The number of nitrogens with zero attached hydrogens (tertiary/aromatic N) is 2. The van der Waals surface area contributed by atoms with Gasteiger partial charge in [-0.15, -0.1) is 0 Å². The lowest BCUT2D eigenvalue weighted by atomic mass is 9.96. The number of rotatable bonds is 2. The number of fused-ring (bicyclic) bond motifs is 1. The van der Waals surface area contributed by atoms with Crippen LogP contribution >= 0.6 is 0 Å². The van der Waals surface area contributed by atoms with Crippen LogP contribution in [0.2, 0.25) is 0 Å². The Morgan fingerprint density at radius 1 is 1.36 bits per heavy atom. The summed E-state index contributed by atoms with van der Waals surface area (Å²) in [6.07, 6.45) is 1.75. The molecule has 1 fully saturated rings. The zero-order valence-corrected chi connectivity index (χ0v) is 12.7. The summed E-state index contributed by atoms with van der Waals surface area (Å²) in [6, 6.07) is 3.25. The van der Waals surface area contributed by atoms with E-state index in [-0.39, 0.29) is 30.7 Å². The molecule has 1 N–H and O–H groups in total. The van der Waals surface area contributed by atoms with Crippen LogP contribution in [-0.2, 0) is 16.0 Å². The van der Waals surface area contributed by atoms with Gasteiger partial charge in [-0.25, -0.2) is 4.39 Å². The Labute approximate surface area is 129 Å². The summed E-state index contributed by atoms with van der Waals surface area (Å²) in [5, 5.41) is 2.70. The maximum absolute atomic E-state index is 14.2. The monoisotopic (exact) mass is 305 g/mol. The number of carbonyl (C=O) groups is 2. The van der Waals surface area contributed by atoms with Crippen molar-refractivity contribution in [3.63, 3.8) is 0 Å². The normalized spacial score (nSPS) is 18.0. The molecule has 22 heavy (non-hydrogen) atoms. The van der Waals surface area contributed by atoms with Crippen LogP contribution in [0.1, 0.15) is 17.5 Å². The molecule has 2 amide bonds. The molecule has 1 aromatic rings. The van der Waals surface area contributed by atoms with Crippen LogP contribution in [0.25, 0.3) is 0 Å². The molecule has 2 aliphatic heterocycles. The second kappa shape index (κ2) is 5.94. The third-order valence-electron chi connectivity index (χ3n) is 4.36. The molecule has 3 rings (SSSR count). The van der Waals surface area contributed by atoms with Crippen molar-refractivity contribution >= 4 is 17.5 Å². The smallest absolute Gasteiger partial charge is 0.242 e. The number of nitrogens with one attached hydrogen (secondary N) is 1. The molecule has 6 heteroatoms. The Balaban J connectivity index is 1.78. The SMILES string of the molecule is Cc1ccc(F)c2c1CCCN2CC(=O)N1CCNC(=O)C1.